The van der Waals surface area contributed by atoms with Crippen LogP contribution in [0.3, 0.4) is 0 Å². The maximum Gasteiger partial charge on any atom is 0.119 e. The zero-order chi connectivity index (χ0) is 10.5. The Morgan fingerprint density at radius 3 is 3.13 bits per heavy atom. The van der Waals surface area contributed by atoms with E-state index in [1.54, 1.807) is 7.11 Å². The van der Waals surface area contributed by atoms with E-state index in [1.807, 2.05) is 0 Å². The van der Waals surface area contributed by atoms with Crippen LogP contribution in [0.25, 0.3) is 0 Å². The van der Waals surface area contributed by atoms with Crippen molar-refractivity contribution in [1.29, 1.82) is 0 Å². The number of hydrogen-bond acceptors (Lipinski definition) is 2. The van der Waals surface area contributed by atoms with Gasteiger partial charge in [-0.15, -0.1) is 0 Å². The molecule has 15 heavy (non-hydrogen) atoms. The van der Waals surface area contributed by atoms with Crippen LogP contribution < -0.4 is 10.5 Å². The van der Waals surface area contributed by atoms with Crippen molar-refractivity contribution in [3.63, 3.8) is 0 Å². The molecule has 0 amide bonds. The van der Waals surface area contributed by atoms with Gasteiger partial charge in [-0.2, -0.15) is 0 Å². The molecule has 2 aliphatic rings. The molecule has 0 aromatic heterocycles. The average molecular weight is 203 g/mol. The first-order valence-corrected chi connectivity index (χ1v) is 5.66. The molecule has 1 aromatic carbocycles. The molecule has 0 spiro atoms. The molecule has 2 bridgehead atoms. The third kappa shape index (κ3) is 1.36. The van der Waals surface area contributed by atoms with Crippen molar-refractivity contribution < 1.29 is 4.74 Å². The molecule has 80 valence electrons. The first kappa shape index (κ1) is 9.22. The Labute approximate surface area is 90.4 Å². The third-order valence-corrected chi connectivity index (χ3v) is 3.98. The quantitative estimate of drug-likeness (QED) is 0.759. The smallest absolute Gasteiger partial charge is 0.119 e. The number of benzene rings is 1. The number of methoxy groups -OCH3 is 1. The molecular weight excluding hydrogens is 186 g/mol. The van der Waals surface area contributed by atoms with Crippen LogP contribution >= 0.6 is 0 Å². The summed E-state index contributed by atoms with van der Waals surface area (Å²) in [5, 5.41) is 0. The molecule has 0 radical (unpaired) electrons. The number of nitrogens with two attached hydrogens (primary N) is 1. The van der Waals surface area contributed by atoms with E-state index < -0.39 is 0 Å². The molecule has 1 saturated carbocycles. The van der Waals surface area contributed by atoms with Crippen molar-refractivity contribution in [2.24, 2.45) is 5.73 Å². The molecule has 0 saturated heterocycles. The monoisotopic (exact) mass is 203 g/mol. The molecule has 0 aliphatic heterocycles. The topological polar surface area (TPSA) is 35.2 Å². The Bertz CT molecular complexity index is 402. The molecule has 2 heteroatoms. The van der Waals surface area contributed by atoms with E-state index in [9.17, 15) is 0 Å². The van der Waals surface area contributed by atoms with Gasteiger partial charge in [-0.25, -0.2) is 0 Å². The Hall–Kier alpha value is -1.02. The van der Waals surface area contributed by atoms with Gasteiger partial charge in [0.2, 0.25) is 0 Å². The van der Waals surface area contributed by atoms with Gasteiger partial charge in [-0.05, 0) is 54.9 Å². The first-order valence-electron chi connectivity index (χ1n) is 5.66. The van der Waals surface area contributed by atoms with Crippen molar-refractivity contribution in [2.75, 3.05) is 7.11 Å². The zero-order valence-electron chi connectivity index (χ0n) is 9.12. The Balaban J connectivity index is 2.07. The standard InChI is InChI=1S/C13H17NO/c1-15-11-2-3-12-9-4-5-13(14,7-9)8-10(12)6-11/h2-3,6,9H,4-5,7-8,14H2,1H3/t9-,13+/m0/s1. The summed E-state index contributed by atoms with van der Waals surface area (Å²) in [4.78, 5) is 0. The summed E-state index contributed by atoms with van der Waals surface area (Å²) in [6.07, 6.45) is 4.63. The summed E-state index contributed by atoms with van der Waals surface area (Å²) in [5.41, 5.74) is 9.36. The van der Waals surface area contributed by atoms with E-state index in [0.717, 1.165) is 12.2 Å². The van der Waals surface area contributed by atoms with Crippen LogP contribution in [0.2, 0.25) is 0 Å². The highest BCUT2D eigenvalue weighted by molar-refractivity contribution is 5.42. The van der Waals surface area contributed by atoms with Gasteiger partial charge in [-0.1, -0.05) is 6.07 Å². The molecule has 1 fully saturated rings. The van der Waals surface area contributed by atoms with Crippen molar-refractivity contribution in [3.05, 3.63) is 29.3 Å². The Kier molecular flexibility index (Phi) is 1.84. The van der Waals surface area contributed by atoms with Gasteiger partial charge < -0.3 is 10.5 Å². The molecule has 0 unspecified atom stereocenters. The second-order valence-corrected chi connectivity index (χ2v) is 5.04. The van der Waals surface area contributed by atoms with Crippen LogP contribution in [0, 0.1) is 0 Å². The minimum Gasteiger partial charge on any atom is -0.497 e. The van der Waals surface area contributed by atoms with Gasteiger partial charge in [0.15, 0.2) is 0 Å². The fourth-order valence-electron chi connectivity index (χ4n) is 3.22. The van der Waals surface area contributed by atoms with Crippen LogP contribution in [0.15, 0.2) is 18.2 Å². The molecule has 2 N–H and O–H groups in total. The fourth-order valence-corrected chi connectivity index (χ4v) is 3.22. The van der Waals surface area contributed by atoms with E-state index in [4.69, 9.17) is 10.5 Å². The van der Waals surface area contributed by atoms with Gasteiger partial charge in [0.25, 0.3) is 0 Å². The van der Waals surface area contributed by atoms with E-state index in [-0.39, 0.29) is 5.54 Å². The molecule has 1 aromatic rings. The van der Waals surface area contributed by atoms with Gasteiger partial charge >= 0.3 is 0 Å². The summed E-state index contributed by atoms with van der Waals surface area (Å²) in [6.45, 7) is 0. The maximum absolute atomic E-state index is 6.37. The largest absolute Gasteiger partial charge is 0.497 e. The lowest BCUT2D eigenvalue weighted by Crippen LogP contribution is -2.41. The number of rotatable bonds is 1. The lowest BCUT2D eigenvalue weighted by molar-refractivity contribution is 0.401. The number of hydrogen-bond donors (Lipinski definition) is 1. The highest BCUT2D eigenvalue weighted by Crippen LogP contribution is 2.47. The Morgan fingerprint density at radius 1 is 1.47 bits per heavy atom. The lowest BCUT2D eigenvalue weighted by Gasteiger charge is -2.31. The molecule has 3 rings (SSSR count). The molecule has 2 atom stereocenters. The predicted octanol–water partition coefficient (Wildman–Crippen LogP) is 2.22. The maximum atomic E-state index is 6.37. The van der Waals surface area contributed by atoms with E-state index in [2.05, 4.69) is 18.2 Å². The minimum atomic E-state index is 0.0734. The Morgan fingerprint density at radius 2 is 2.33 bits per heavy atom. The van der Waals surface area contributed by atoms with Crippen molar-refractivity contribution >= 4 is 0 Å². The van der Waals surface area contributed by atoms with Crippen LogP contribution in [0.5, 0.6) is 5.75 Å². The zero-order valence-corrected chi connectivity index (χ0v) is 9.12. The van der Waals surface area contributed by atoms with E-state index in [0.29, 0.717) is 5.92 Å². The summed E-state index contributed by atoms with van der Waals surface area (Å²) >= 11 is 0. The summed E-state index contributed by atoms with van der Waals surface area (Å²) in [5.74, 6) is 1.66. The van der Waals surface area contributed by atoms with Crippen molar-refractivity contribution in [3.8, 4) is 5.75 Å². The highest BCUT2D eigenvalue weighted by Gasteiger charge is 2.41. The minimum absolute atomic E-state index is 0.0734. The SMILES string of the molecule is COc1ccc2c(c1)C[C@@]1(N)CC[C@H]2C1. The first-order chi connectivity index (χ1) is 7.20. The van der Waals surface area contributed by atoms with Gasteiger partial charge in [0, 0.05) is 5.54 Å². The third-order valence-electron chi connectivity index (χ3n) is 3.98. The van der Waals surface area contributed by atoms with E-state index in [1.165, 1.54) is 30.4 Å². The molecular formula is C13H17NO. The summed E-state index contributed by atoms with van der Waals surface area (Å²) in [6, 6.07) is 6.46. The van der Waals surface area contributed by atoms with Crippen LogP contribution in [-0.2, 0) is 6.42 Å². The second kappa shape index (κ2) is 2.99. The molecule has 2 aliphatic carbocycles. The summed E-state index contributed by atoms with van der Waals surface area (Å²) < 4.78 is 5.26. The van der Waals surface area contributed by atoms with Crippen LogP contribution in [0.4, 0.5) is 0 Å². The number of ether oxygens (including phenoxy) is 1. The lowest BCUT2D eigenvalue weighted by atomic mass is 9.79. The number of fused-ring (bicyclic) bond motifs is 4. The molecule has 0 heterocycles. The van der Waals surface area contributed by atoms with Crippen LogP contribution in [0.1, 0.15) is 36.3 Å². The molecule has 2 nitrogen and oxygen atoms in total. The second-order valence-electron chi connectivity index (χ2n) is 5.04. The van der Waals surface area contributed by atoms with Crippen LogP contribution in [-0.4, -0.2) is 12.6 Å². The van der Waals surface area contributed by atoms with Crippen molar-refractivity contribution in [1.82, 2.24) is 0 Å². The van der Waals surface area contributed by atoms with Gasteiger partial charge in [-0.3, -0.25) is 0 Å². The summed E-state index contributed by atoms with van der Waals surface area (Å²) in [7, 11) is 1.72. The van der Waals surface area contributed by atoms with E-state index >= 15 is 0 Å². The van der Waals surface area contributed by atoms with Gasteiger partial charge in [0.05, 0.1) is 7.11 Å². The average Bonchev–Trinajstić information content (AvgIpc) is 2.55. The van der Waals surface area contributed by atoms with Gasteiger partial charge in [0.1, 0.15) is 5.75 Å². The highest BCUT2D eigenvalue weighted by atomic mass is 16.5. The fraction of sp³-hybridized carbons (Fsp3) is 0.538. The predicted molar refractivity (Wildman–Crippen MR) is 60.2 cm³/mol. The normalized spacial score (nSPS) is 32.5. The van der Waals surface area contributed by atoms with Crippen molar-refractivity contribution in [2.45, 2.75) is 37.1 Å².